The van der Waals surface area contributed by atoms with Crippen LogP contribution in [0, 0.1) is 0 Å². The van der Waals surface area contributed by atoms with Crippen LogP contribution in [-0.2, 0) is 24.0 Å². The Bertz CT molecular complexity index is 928. The molecule has 1 aromatic heterocycles. The third-order valence-electron chi connectivity index (χ3n) is 3.93. The van der Waals surface area contributed by atoms with Crippen molar-refractivity contribution < 1.29 is 29.1 Å². The van der Waals surface area contributed by atoms with Gasteiger partial charge in [0.05, 0.1) is 0 Å². The van der Waals surface area contributed by atoms with E-state index in [-0.39, 0.29) is 22.2 Å². The van der Waals surface area contributed by atoms with E-state index in [2.05, 4.69) is 20.8 Å². The third-order valence-corrected chi connectivity index (χ3v) is 5.79. The summed E-state index contributed by atoms with van der Waals surface area (Å²) in [5.74, 6) is -2.63. The molecule has 0 aliphatic carbocycles. The standard InChI is InChI=1S/C15H16N6O6S2/c1-27-20-9(6-5-29-15(16)18-6)12(25)19-10-13(26)21-7(2-3-28-14(10)21)11(24)17-4-8(22)23/h2,5,10,14H,3-4H2,1H3,(H2,16,18)(H,17,24)(H,19,25)(H,22,23)/b20-9-/t10-,14-/m1/s1. The van der Waals surface area contributed by atoms with Crippen molar-refractivity contribution in [2.24, 2.45) is 5.16 Å². The molecule has 1 fully saturated rings. The molecular formula is C15H16N6O6S2. The van der Waals surface area contributed by atoms with Crippen LogP contribution in [0.15, 0.2) is 22.3 Å². The van der Waals surface area contributed by atoms with Gasteiger partial charge in [0, 0.05) is 11.1 Å². The Kier molecular flexibility index (Phi) is 6.03. The van der Waals surface area contributed by atoms with Gasteiger partial charge in [-0.15, -0.1) is 23.1 Å². The highest BCUT2D eigenvalue weighted by Crippen LogP contribution is 2.37. The molecule has 14 heteroatoms. The largest absolute Gasteiger partial charge is 0.480 e. The number of fused-ring (bicyclic) bond motifs is 1. The molecule has 3 amide bonds. The van der Waals surface area contributed by atoms with Gasteiger partial charge in [0.1, 0.15) is 36.5 Å². The van der Waals surface area contributed by atoms with E-state index >= 15 is 0 Å². The number of carboxylic acid groups (broad SMARTS) is 1. The number of nitrogens with zero attached hydrogens (tertiary/aromatic N) is 3. The molecule has 3 rings (SSSR count). The van der Waals surface area contributed by atoms with Crippen LogP contribution in [0.1, 0.15) is 5.69 Å². The minimum Gasteiger partial charge on any atom is -0.480 e. The number of carbonyl (C=O) groups is 4. The molecular weight excluding hydrogens is 424 g/mol. The lowest BCUT2D eigenvalue weighted by Crippen LogP contribution is -2.71. The number of amides is 3. The van der Waals surface area contributed by atoms with Gasteiger partial charge >= 0.3 is 5.97 Å². The van der Waals surface area contributed by atoms with Gasteiger partial charge in [0.15, 0.2) is 10.8 Å². The van der Waals surface area contributed by atoms with E-state index in [4.69, 9.17) is 15.7 Å². The number of nitrogens with two attached hydrogens (primary N) is 1. The Hall–Kier alpha value is -3.13. The van der Waals surface area contributed by atoms with E-state index in [0.717, 1.165) is 11.3 Å². The van der Waals surface area contributed by atoms with Gasteiger partial charge < -0.3 is 26.3 Å². The summed E-state index contributed by atoms with van der Waals surface area (Å²) in [7, 11) is 1.27. The average Bonchev–Trinajstić information content (AvgIpc) is 3.13. The minimum atomic E-state index is -1.20. The lowest BCUT2D eigenvalue weighted by Gasteiger charge is -2.48. The van der Waals surface area contributed by atoms with Crippen molar-refractivity contribution in [3.8, 4) is 0 Å². The number of rotatable bonds is 7. The first kappa shape index (κ1) is 20.6. The fraction of sp³-hybridized carbons (Fsp3) is 0.333. The monoisotopic (exact) mass is 440 g/mol. The average molecular weight is 440 g/mol. The highest BCUT2D eigenvalue weighted by Gasteiger charge is 2.53. The van der Waals surface area contributed by atoms with Crippen molar-refractivity contribution in [3.05, 3.63) is 22.8 Å². The molecule has 0 saturated carbocycles. The lowest BCUT2D eigenvalue weighted by molar-refractivity contribution is -0.147. The number of thioether (sulfide) groups is 1. The number of hydrogen-bond donors (Lipinski definition) is 4. The number of nitrogen functional groups attached to an aromatic ring is 1. The summed E-state index contributed by atoms with van der Waals surface area (Å²) in [5.41, 5.74) is 5.71. The van der Waals surface area contributed by atoms with Gasteiger partial charge in [0.25, 0.3) is 17.7 Å². The van der Waals surface area contributed by atoms with Crippen LogP contribution in [0.5, 0.6) is 0 Å². The summed E-state index contributed by atoms with van der Waals surface area (Å²) in [6, 6.07) is -0.887. The van der Waals surface area contributed by atoms with Crippen molar-refractivity contribution in [2.45, 2.75) is 11.4 Å². The maximum atomic E-state index is 12.6. The fourth-order valence-electron chi connectivity index (χ4n) is 2.70. The van der Waals surface area contributed by atoms with Gasteiger partial charge in [0.2, 0.25) is 0 Å². The van der Waals surface area contributed by atoms with E-state index in [1.54, 1.807) is 0 Å². The smallest absolute Gasteiger partial charge is 0.322 e. The quantitative estimate of drug-likeness (QED) is 0.225. The molecule has 0 unspecified atom stereocenters. The molecule has 0 spiro atoms. The second-order valence-corrected chi connectivity index (χ2v) is 7.78. The molecule has 1 aromatic rings. The van der Waals surface area contributed by atoms with Gasteiger partial charge in [-0.2, -0.15) is 0 Å². The molecule has 0 bridgehead atoms. The van der Waals surface area contributed by atoms with Crippen LogP contribution in [0.4, 0.5) is 5.13 Å². The van der Waals surface area contributed by atoms with Crippen LogP contribution in [-0.4, -0.2) is 75.2 Å². The fourth-order valence-corrected chi connectivity index (χ4v) is 4.44. The number of aliphatic carboxylic acids is 1. The zero-order valence-electron chi connectivity index (χ0n) is 14.9. The number of oxime groups is 1. The van der Waals surface area contributed by atoms with Crippen LogP contribution < -0.4 is 16.4 Å². The summed E-state index contributed by atoms with van der Waals surface area (Å²) in [5, 5.41) is 18.4. The molecule has 0 radical (unpaired) electrons. The second kappa shape index (κ2) is 8.48. The summed E-state index contributed by atoms with van der Waals surface area (Å²) in [4.78, 5) is 57.9. The molecule has 1 saturated heterocycles. The topological polar surface area (TPSA) is 176 Å². The lowest BCUT2D eigenvalue weighted by atomic mass is 10.0. The van der Waals surface area contributed by atoms with Crippen molar-refractivity contribution in [2.75, 3.05) is 25.1 Å². The maximum Gasteiger partial charge on any atom is 0.322 e. The summed E-state index contributed by atoms with van der Waals surface area (Å²) in [6.07, 6.45) is 1.53. The first-order chi connectivity index (χ1) is 13.8. The normalized spacial score (nSPS) is 20.9. The Morgan fingerprint density at radius 1 is 1.48 bits per heavy atom. The number of thiazole rings is 1. The number of β-lactam (4-membered cyclic amide) rings is 1. The van der Waals surface area contributed by atoms with Gasteiger partial charge in [-0.25, -0.2) is 4.98 Å². The van der Waals surface area contributed by atoms with Crippen LogP contribution in [0.2, 0.25) is 0 Å². The van der Waals surface area contributed by atoms with Gasteiger partial charge in [-0.05, 0) is 6.08 Å². The van der Waals surface area contributed by atoms with Crippen molar-refractivity contribution in [1.29, 1.82) is 0 Å². The zero-order chi connectivity index (χ0) is 21.1. The minimum absolute atomic E-state index is 0.0588. The Morgan fingerprint density at radius 2 is 2.24 bits per heavy atom. The summed E-state index contributed by atoms with van der Waals surface area (Å²) < 4.78 is 0. The van der Waals surface area contributed by atoms with Crippen LogP contribution in [0.25, 0.3) is 0 Å². The number of carbonyl (C=O) groups excluding carboxylic acids is 3. The Labute approximate surface area is 172 Å². The molecule has 154 valence electrons. The first-order valence-electron chi connectivity index (χ1n) is 8.11. The van der Waals surface area contributed by atoms with Gasteiger partial charge in [-0.1, -0.05) is 5.16 Å². The summed E-state index contributed by atoms with van der Waals surface area (Å²) >= 11 is 2.47. The molecule has 2 atom stereocenters. The van der Waals surface area contributed by atoms with Crippen LogP contribution in [0.3, 0.4) is 0 Å². The highest BCUT2D eigenvalue weighted by molar-refractivity contribution is 8.00. The first-order valence-corrected chi connectivity index (χ1v) is 10.0. The SMILES string of the molecule is CO/N=C(\C(=O)N[C@@H]1C(=O)N2C(C(=O)NCC(=O)O)=CCS[C@H]12)c1csc(N)n1. The number of anilines is 1. The predicted molar refractivity (Wildman–Crippen MR) is 104 cm³/mol. The van der Waals surface area contributed by atoms with E-state index in [1.165, 1.54) is 35.2 Å². The second-order valence-electron chi connectivity index (χ2n) is 5.74. The number of nitrogens with one attached hydrogen (secondary N) is 2. The van der Waals surface area contributed by atoms with E-state index in [0.29, 0.717) is 5.75 Å². The van der Waals surface area contributed by atoms with Crippen LogP contribution >= 0.6 is 23.1 Å². The van der Waals surface area contributed by atoms with E-state index in [9.17, 15) is 19.2 Å². The molecule has 12 nitrogen and oxygen atoms in total. The van der Waals surface area contributed by atoms with Gasteiger partial charge in [-0.3, -0.25) is 24.1 Å². The predicted octanol–water partition coefficient (Wildman–Crippen LogP) is -1.44. The van der Waals surface area contributed by atoms with E-state index in [1.807, 2.05) is 0 Å². The maximum absolute atomic E-state index is 12.6. The van der Waals surface area contributed by atoms with E-state index < -0.39 is 41.7 Å². The molecule has 29 heavy (non-hydrogen) atoms. The molecule has 3 heterocycles. The zero-order valence-corrected chi connectivity index (χ0v) is 16.6. The summed E-state index contributed by atoms with van der Waals surface area (Å²) in [6.45, 7) is -0.566. The molecule has 2 aliphatic heterocycles. The Morgan fingerprint density at radius 3 is 2.86 bits per heavy atom. The molecule has 5 N–H and O–H groups in total. The van der Waals surface area contributed by atoms with Crippen molar-refractivity contribution >= 4 is 57.6 Å². The van der Waals surface area contributed by atoms with Crippen molar-refractivity contribution in [1.82, 2.24) is 20.5 Å². The molecule has 0 aromatic carbocycles. The number of aromatic nitrogens is 1. The highest BCUT2D eigenvalue weighted by atomic mass is 32.2. The molecule has 2 aliphatic rings. The van der Waals surface area contributed by atoms with Crippen molar-refractivity contribution in [3.63, 3.8) is 0 Å². The Balaban J connectivity index is 1.69. The third kappa shape index (κ3) is 4.17. The number of carboxylic acids is 1. The number of hydrogen-bond acceptors (Lipinski definition) is 10.